The van der Waals surface area contributed by atoms with E-state index in [9.17, 15) is 0 Å². The zero-order chi connectivity index (χ0) is 15.2. The maximum absolute atomic E-state index is 6.01. The molecule has 0 aromatic heterocycles. The van der Waals surface area contributed by atoms with Gasteiger partial charge in [0.25, 0.3) is 0 Å². The van der Waals surface area contributed by atoms with Crippen LogP contribution in [0.2, 0.25) is 10.0 Å². The summed E-state index contributed by atoms with van der Waals surface area (Å²) in [5.41, 5.74) is 3.90. The van der Waals surface area contributed by atoms with Crippen molar-refractivity contribution in [2.45, 2.75) is 32.7 Å². The maximum atomic E-state index is 6.01. The molecule has 1 nitrogen and oxygen atoms in total. The summed E-state index contributed by atoms with van der Waals surface area (Å²) < 4.78 is 0. The minimum absolute atomic E-state index is 0.585. The van der Waals surface area contributed by atoms with Crippen LogP contribution in [0.1, 0.15) is 36.5 Å². The monoisotopic (exact) mass is 321 g/mol. The van der Waals surface area contributed by atoms with Crippen molar-refractivity contribution < 1.29 is 0 Å². The predicted molar refractivity (Wildman–Crippen MR) is 92.4 cm³/mol. The highest BCUT2D eigenvalue weighted by atomic mass is 35.5. The molecule has 2 aromatic carbocycles. The molecule has 21 heavy (non-hydrogen) atoms. The Bertz CT molecular complexity index is 576. The van der Waals surface area contributed by atoms with Gasteiger partial charge in [-0.05, 0) is 47.7 Å². The molecule has 3 heteroatoms. The molecule has 0 heterocycles. The number of hydrogen-bond acceptors (Lipinski definition) is 1. The van der Waals surface area contributed by atoms with Crippen molar-refractivity contribution >= 4 is 23.2 Å². The number of hydrogen-bond donors (Lipinski definition) is 1. The van der Waals surface area contributed by atoms with Crippen LogP contribution in [0.4, 0.5) is 0 Å². The fraction of sp³-hybridized carbons (Fsp3) is 0.333. The first-order valence-corrected chi connectivity index (χ1v) is 8.05. The van der Waals surface area contributed by atoms with E-state index in [1.807, 2.05) is 18.2 Å². The van der Waals surface area contributed by atoms with Gasteiger partial charge in [-0.2, -0.15) is 0 Å². The molecule has 112 valence electrons. The predicted octanol–water partition coefficient (Wildman–Crippen LogP) is 5.45. The van der Waals surface area contributed by atoms with E-state index in [1.54, 1.807) is 0 Å². The van der Waals surface area contributed by atoms with E-state index < -0.39 is 0 Å². The lowest BCUT2D eigenvalue weighted by Crippen LogP contribution is -2.16. The molecule has 2 rings (SSSR count). The average molecular weight is 322 g/mol. The first kappa shape index (κ1) is 16.4. The van der Waals surface area contributed by atoms with Crippen molar-refractivity contribution in [1.29, 1.82) is 0 Å². The van der Waals surface area contributed by atoms with Crippen LogP contribution in [-0.2, 0) is 13.0 Å². The second-order valence-electron chi connectivity index (χ2n) is 5.57. The second kappa shape index (κ2) is 7.84. The summed E-state index contributed by atoms with van der Waals surface area (Å²) in [6, 6.07) is 14.6. The van der Waals surface area contributed by atoms with Crippen molar-refractivity contribution in [3.63, 3.8) is 0 Å². The van der Waals surface area contributed by atoms with Crippen LogP contribution in [0.3, 0.4) is 0 Å². The van der Waals surface area contributed by atoms with Gasteiger partial charge in [0.05, 0.1) is 10.0 Å². The zero-order valence-electron chi connectivity index (χ0n) is 12.5. The van der Waals surface area contributed by atoms with Gasteiger partial charge in [-0.15, -0.1) is 0 Å². The van der Waals surface area contributed by atoms with Crippen molar-refractivity contribution in [3.8, 4) is 0 Å². The summed E-state index contributed by atoms with van der Waals surface area (Å²) in [4.78, 5) is 0. The molecular formula is C18H21Cl2N. The van der Waals surface area contributed by atoms with E-state index in [0.29, 0.717) is 16.0 Å². The molecule has 0 aliphatic carbocycles. The van der Waals surface area contributed by atoms with E-state index >= 15 is 0 Å². The first-order valence-electron chi connectivity index (χ1n) is 7.29. The van der Waals surface area contributed by atoms with Crippen LogP contribution in [0.25, 0.3) is 0 Å². The van der Waals surface area contributed by atoms with E-state index in [0.717, 1.165) is 19.5 Å². The van der Waals surface area contributed by atoms with Gasteiger partial charge < -0.3 is 5.32 Å². The molecule has 1 N–H and O–H groups in total. The normalized spacial score (nSPS) is 11.1. The molecule has 0 aliphatic rings. The molecule has 0 unspecified atom stereocenters. The van der Waals surface area contributed by atoms with Gasteiger partial charge in [-0.1, -0.05) is 67.4 Å². The highest BCUT2D eigenvalue weighted by Crippen LogP contribution is 2.22. The number of rotatable bonds is 6. The van der Waals surface area contributed by atoms with E-state index in [1.165, 1.54) is 16.7 Å². The van der Waals surface area contributed by atoms with Crippen molar-refractivity contribution in [2.24, 2.45) is 0 Å². The van der Waals surface area contributed by atoms with Gasteiger partial charge in [0.2, 0.25) is 0 Å². The third-order valence-electron chi connectivity index (χ3n) is 3.55. The minimum atomic E-state index is 0.585. The highest BCUT2D eigenvalue weighted by molar-refractivity contribution is 6.42. The van der Waals surface area contributed by atoms with Crippen LogP contribution in [0.5, 0.6) is 0 Å². The van der Waals surface area contributed by atoms with Crippen LogP contribution >= 0.6 is 23.2 Å². The molecule has 0 radical (unpaired) electrons. The van der Waals surface area contributed by atoms with Crippen LogP contribution < -0.4 is 5.32 Å². The number of benzene rings is 2. The Morgan fingerprint density at radius 3 is 2.19 bits per heavy atom. The largest absolute Gasteiger partial charge is 0.312 e. The van der Waals surface area contributed by atoms with Crippen LogP contribution in [-0.4, -0.2) is 6.54 Å². The first-order chi connectivity index (χ1) is 10.1. The average Bonchev–Trinajstić information content (AvgIpc) is 2.47. The smallest absolute Gasteiger partial charge is 0.0595 e. The Morgan fingerprint density at radius 1 is 0.905 bits per heavy atom. The quantitative estimate of drug-likeness (QED) is 0.697. The lowest BCUT2D eigenvalue weighted by atomic mass is 10.0. The van der Waals surface area contributed by atoms with Crippen molar-refractivity contribution in [1.82, 2.24) is 5.32 Å². The van der Waals surface area contributed by atoms with Gasteiger partial charge in [-0.3, -0.25) is 0 Å². The summed E-state index contributed by atoms with van der Waals surface area (Å²) in [6.07, 6.45) is 0.945. The number of nitrogens with one attached hydrogen (secondary N) is 1. The minimum Gasteiger partial charge on any atom is -0.312 e. The van der Waals surface area contributed by atoms with Gasteiger partial charge in [-0.25, -0.2) is 0 Å². The Hall–Kier alpha value is -1.02. The van der Waals surface area contributed by atoms with Crippen LogP contribution in [0.15, 0.2) is 42.5 Å². The van der Waals surface area contributed by atoms with Crippen LogP contribution in [0, 0.1) is 0 Å². The fourth-order valence-electron chi connectivity index (χ4n) is 2.18. The summed E-state index contributed by atoms with van der Waals surface area (Å²) in [5.74, 6) is 0.585. The van der Waals surface area contributed by atoms with Crippen molar-refractivity contribution in [3.05, 3.63) is 69.2 Å². The lowest BCUT2D eigenvalue weighted by molar-refractivity contribution is 0.686. The molecule has 0 bridgehead atoms. The molecule has 0 saturated heterocycles. The number of halogens is 2. The maximum Gasteiger partial charge on any atom is 0.0595 e. The Labute approximate surface area is 137 Å². The SMILES string of the molecule is CC(C)c1ccc(CNCCc2ccc(Cl)c(Cl)c2)cc1. The standard InChI is InChI=1S/C18H21Cl2N/c1-13(2)16-6-3-15(4-7-16)12-21-10-9-14-5-8-17(19)18(20)11-14/h3-8,11,13,21H,9-10,12H2,1-2H3. The van der Waals surface area contributed by atoms with Crippen molar-refractivity contribution in [2.75, 3.05) is 6.54 Å². The second-order valence-corrected chi connectivity index (χ2v) is 6.39. The van der Waals surface area contributed by atoms with E-state index in [2.05, 4.69) is 43.4 Å². The molecule has 0 saturated carbocycles. The summed E-state index contributed by atoms with van der Waals surface area (Å²) in [6.45, 7) is 6.23. The Balaban J connectivity index is 1.77. The molecule has 0 aliphatic heterocycles. The third-order valence-corrected chi connectivity index (χ3v) is 4.29. The summed E-state index contributed by atoms with van der Waals surface area (Å²) >= 11 is 11.9. The highest BCUT2D eigenvalue weighted by Gasteiger charge is 2.01. The molecule has 0 amide bonds. The molecule has 0 spiro atoms. The molecule has 2 aromatic rings. The zero-order valence-corrected chi connectivity index (χ0v) is 14.0. The Kier molecular flexibility index (Phi) is 6.10. The Morgan fingerprint density at radius 2 is 1.57 bits per heavy atom. The third kappa shape index (κ3) is 5.03. The molecule has 0 fully saturated rings. The van der Waals surface area contributed by atoms with E-state index in [4.69, 9.17) is 23.2 Å². The molecule has 0 atom stereocenters. The van der Waals surface area contributed by atoms with E-state index in [-0.39, 0.29) is 0 Å². The summed E-state index contributed by atoms with van der Waals surface area (Å²) in [5, 5.41) is 4.69. The van der Waals surface area contributed by atoms with Gasteiger partial charge in [0.1, 0.15) is 0 Å². The summed E-state index contributed by atoms with van der Waals surface area (Å²) in [7, 11) is 0. The van der Waals surface area contributed by atoms with Gasteiger partial charge in [0.15, 0.2) is 0 Å². The topological polar surface area (TPSA) is 12.0 Å². The van der Waals surface area contributed by atoms with Gasteiger partial charge >= 0.3 is 0 Å². The lowest BCUT2D eigenvalue weighted by Gasteiger charge is -2.08. The van der Waals surface area contributed by atoms with Gasteiger partial charge in [0, 0.05) is 6.54 Å². The molecular weight excluding hydrogens is 301 g/mol. The fourth-order valence-corrected chi connectivity index (χ4v) is 2.50.